The van der Waals surface area contributed by atoms with E-state index in [1.165, 1.54) is 17.5 Å². The fourth-order valence-electron chi connectivity index (χ4n) is 4.71. The van der Waals surface area contributed by atoms with E-state index in [1.807, 2.05) is 25.2 Å². The van der Waals surface area contributed by atoms with E-state index in [0.29, 0.717) is 13.1 Å². The lowest BCUT2D eigenvalue weighted by molar-refractivity contribution is -0.135. The molecule has 7 heteroatoms. The van der Waals surface area contributed by atoms with Crippen LogP contribution in [-0.4, -0.2) is 46.1 Å². The zero-order chi connectivity index (χ0) is 21.2. The number of hydrogen-bond donors (Lipinski definition) is 0. The second-order valence-electron chi connectivity index (χ2n) is 8.49. The van der Waals surface area contributed by atoms with Gasteiger partial charge in [0.25, 0.3) is 0 Å². The van der Waals surface area contributed by atoms with Crippen LogP contribution >= 0.6 is 0 Å². The van der Waals surface area contributed by atoms with Crippen molar-refractivity contribution in [2.24, 2.45) is 5.92 Å². The Hall–Kier alpha value is -3.22. The SMILES string of the molecule is CN(Cc1ccon1)C(=O)[C@H]1CCCN(c2nc(-c3ccccc3)nc3c2CCC3)C1. The fraction of sp³-hybridized carbons (Fsp3) is 0.417. The molecule has 160 valence electrons. The smallest absolute Gasteiger partial charge is 0.227 e. The summed E-state index contributed by atoms with van der Waals surface area (Å²) in [5, 5.41) is 3.93. The quantitative estimate of drug-likeness (QED) is 0.633. The first kappa shape index (κ1) is 19.7. The standard InChI is InChI=1S/C24H27N5O2/c1-28(16-19-12-14-31-27-19)24(30)18-9-6-13-29(15-18)23-20-10-5-11-21(20)25-22(26-23)17-7-3-2-4-8-17/h2-4,7-8,12,14,18H,5-6,9-11,13,15-16H2,1H3/t18-/m0/s1. The van der Waals surface area contributed by atoms with E-state index in [1.54, 1.807) is 11.0 Å². The van der Waals surface area contributed by atoms with Gasteiger partial charge in [0.05, 0.1) is 12.5 Å². The van der Waals surface area contributed by atoms with Crippen molar-refractivity contribution in [3.05, 3.63) is 59.6 Å². The molecule has 1 atom stereocenters. The molecule has 0 N–H and O–H groups in total. The highest BCUT2D eigenvalue weighted by Gasteiger charge is 2.31. The van der Waals surface area contributed by atoms with Crippen molar-refractivity contribution in [3.63, 3.8) is 0 Å². The van der Waals surface area contributed by atoms with E-state index in [9.17, 15) is 4.79 Å². The third-order valence-corrected chi connectivity index (χ3v) is 6.28. The van der Waals surface area contributed by atoms with Crippen LogP contribution in [0.25, 0.3) is 11.4 Å². The third-order valence-electron chi connectivity index (χ3n) is 6.28. The van der Waals surface area contributed by atoms with E-state index in [-0.39, 0.29) is 11.8 Å². The van der Waals surface area contributed by atoms with Gasteiger partial charge >= 0.3 is 0 Å². The number of aromatic nitrogens is 3. The average Bonchev–Trinajstić information content (AvgIpc) is 3.50. The summed E-state index contributed by atoms with van der Waals surface area (Å²) < 4.78 is 4.90. The van der Waals surface area contributed by atoms with Crippen LogP contribution in [0.5, 0.6) is 0 Å². The highest BCUT2D eigenvalue weighted by molar-refractivity contribution is 5.79. The third kappa shape index (κ3) is 4.04. The lowest BCUT2D eigenvalue weighted by Gasteiger charge is -2.35. The van der Waals surface area contributed by atoms with E-state index >= 15 is 0 Å². The second kappa shape index (κ2) is 8.49. The van der Waals surface area contributed by atoms with E-state index in [4.69, 9.17) is 14.5 Å². The van der Waals surface area contributed by atoms with Crippen LogP contribution < -0.4 is 4.90 Å². The van der Waals surface area contributed by atoms with Crippen LogP contribution in [0.1, 0.15) is 36.2 Å². The molecule has 2 aliphatic rings. The molecular formula is C24H27N5O2. The Kier molecular flexibility index (Phi) is 5.40. The molecule has 0 spiro atoms. The molecule has 31 heavy (non-hydrogen) atoms. The first-order valence-electron chi connectivity index (χ1n) is 11.0. The first-order valence-corrected chi connectivity index (χ1v) is 11.0. The average molecular weight is 418 g/mol. The van der Waals surface area contributed by atoms with Crippen molar-refractivity contribution in [3.8, 4) is 11.4 Å². The number of carbonyl (C=O) groups is 1. The van der Waals surface area contributed by atoms with E-state index < -0.39 is 0 Å². The van der Waals surface area contributed by atoms with Crippen molar-refractivity contribution < 1.29 is 9.32 Å². The number of nitrogens with zero attached hydrogens (tertiary/aromatic N) is 5. The first-order chi connectivity index (χ1) is 15.2. The maximum absolute atomic E-state index is 13.1. The van der Waals surface area contributed by atoms with E-state index in [2.05, 4.69) is 22.2 Å². The number of amides is 1. The molecule has 3 heterocycles. The van der Waals surface area contributed by atoms with Crippen molar-refractivity contribution >= 4 is 11.7 Å². The molecule has 0 radical (unpaired) electrons. The predicted molar refractivity (Wildman–Crippen MR) is 117 cm³/mol. The van der Waals surface area contributed by atoms with Crippen molar-refractivity contribution in [2.45, 2.75) is 38.6 Å². The minimum absolute atomic E-state index is 0.0437. The Balaban J connectivity index is 1.39. The molecule has 7 nitrogen and oxygen atoms in total. The van der Waals surface area contributed by atoms with Gasteiger partial charge in [-0.05, 0) is 32.1 Å². The number of carbonyl (C=O) groups excluding carboxylic acids is 1. The van der Waals surface area contributed by atoms with Crippen LogP contribution in [0.2, 0.25) is 0 Å². The Morgan fingerprint density at radius 3 is 2.84 bits per heavy atom. The van der Waals surface area contributed by atoms with Gasteiger partial charge in [-0.25, -0.2) is 9.97 Å². The highest BCUT2D eigenvalue weighted by atomic mass is 16.5. The largest absolute Gasteiger partial charge is 0.364 e. The lowest BCUT2D eigenvalue weighted by Crippen LogP contribution is -2.44. The fourth-order valence-corrected chi connectivity index (χ4v) is 4.71. The van der Waals surface area contributed by atoms with E-state index in [0.717, 1.165) is 61.5 Å². The molecule has 1 fully saturated rings. The van der Waals surface area contributed by atoms with Crippen LogP contribution in [0.15, 0.2) is 47.2 Å². The van der Waals surface area contributed by atoms with Crippen molar-refractivity contribution in [1.29, 1.82) is 0 Å². The summed E-state index contributed by atoms with van der Waals surface area (Å²) in [5.74, 6) is 1.92. The summed E-state index contributed by atoms with van der Waals surface area (Å²) in [6.45, 7) is 2.08. The van der Waals surface area contributed by atoms with Gasteiger partial charge in [0.1, 0.15) is 17.8 Å². The predicted octanol–water partition coefficient (Wildman–Crippen LogP) is 3.50. The van der Waals surface area contributed by atoms with Gasteiger partial charge in [0.2, 0.25) is 5.91 Å². The zero-order valence-electron chi connectivity index (χ0n) is 17.8. The monoisotopic (exact) mass is 417 g/mol. The number of benzene rings is 1. The van der Waals surface area contributed by atoms with Gasteiger partial charge in [0, 0.05) is 43.0 Å². The number of rotatable bonds is 5. The van der Waals surface area contributed by atoms with Crippen LogP contribution in [0.3, 0.4) is 0 Å². The normalized spacial score (nSPS) is 18.1. The topological polar surface area (TPSA) is 75.4 Å². The number of piperidine rings is 1. The molecule has 1 aliphatic carbocycles. The van der Waals surface area contributed by atoms with Gasteiger partial charge in [0.15, 0.2) is 5.82 Å². The summed E-state index contributed by atoms with van der Waals surface area (Å²) in [6.07, 6.45) is 6.55. The summed E-state index contributed by atoms with van der Waals surface area (Å²) in [6, 6.07) is 12.0. The number of aryl methyl sites for hydroxylation is 1. The molecule has 2 aromatic heterocycles. The molecule has 1 aliphatic heterocycles. The van der Waals surface area contributed by atoms with Crippen LogP contribution in [-0.2, 0) is 24.2 Å². The molecule has 3 aromatic rings. The molecular weight excluding hydrogens is 390 g/mol. The second-order valence-corrected chi connectivity index (χ2v) is 8.49. The maximum atomic E-state index is 13.1. The summed E-state index contributed by atoms with van der Waals surface area (Å²) in [4.78, 5) is 27.1. The molecule has 1 saturated heterocycles. The van der Waals surface area contributed by atoms with Gasteiger partial charge in [-0.3, -0.25) is 4.79 Å². The van der Waals surface area contributed by atoms with Crippen LogP contribution in [0, 0.1) is 5.92 Å². The van der Waals surface area contributed by atoms with Gasteiger partial charge < -0.3 is 14.3 Å². The zero-order valence-corrected chi connectivity index (χ0v) is 17.8. The molecule has 0 saturated carbocycles. The minimum Gasteiger partial charge on any atom is -0.364 e. The van der Waals surface area contributed by atoms with Crippen molar-refractivity contribution in [1.82, 2.24) is 20.0 Å². The molecule has 5 rings (SSSR count). The molecule has 0 bridgehead atoms. The van der Waals surface area contributed by atoms with Crippen molar-refractivity contribution in [2.75, 3.05) is 25.0 Å². The minimum atomic E-state index is -0.0437. The van der Waals surface area contributed by atoms with Gasteiger partial charge in [-0.1, -0.05) is 35.5 Å². The Bertz CT molecular complexity index is 1050. The molecule has 1 amide bonds. The number of anilines is 1. The molecule has 0 unspecified atom stereocenters. The summed E-state index contributed by atoms with van der Waals surface area (Å²) in [5.41, 5.74) is 4.24. The number of hydrogen-bond acceptors (Lipinski definition) is 6. The Morgan fingerprint density at radius 2 is 2.03 bits per heavy atom. The number of fused-ring (bicyclic) bond motifs is 1. The summed E-state index contributed by atoms with van der Waals surface area (Å²) in [7, 11) is 1.84. The van der Waals surface area contributed by atoms with Gasteiger partial charge in [-0.2, -0.15) is 0 Å². The highest BCUT2D eigenvalue weighted by Crippen LogP contribution is 2.33. The summed E-state index contributed by atoms with van der Waals surface area (Å²) >= 11 is 0. The van der Waals surface area contributed by atoms with Gasteiger partial charge in [-0.15, -0.1) is 0 Å². The lowest BCUT2D eigenvalue weighted by atomic mass is 9.96. The van der Waals surface area contributed by atoms with Crippen LogP contribution in [0.4, 0.5) is 5.82 Å². The Labute approximate surface area is 182 Å². The molecule has 1 aromatic carbocycles. The maximum Gasteiger partial charge on any atom is 0.227 e. The Morgan fingerprint density at radius 1 is 1.16 bits per heavy atom.